The van der Waals surface area contributed by atoms with Crippen molar-refractivity contribution >= 4 is 23.6 Å². The number of hydrogen-bond donors (Lipinski definition) is 0. The number of carbonyl (C=O) groups excluding carboxylic acids is 2. The first kappa shape index (κ1) is 17.3. The zero-order valence-corrected chi connectivity index (χ0v) is 15.3. The number of carbonyl (C=O) groups is 2. The molecule has 0 spiro atoms. The molecular formula is C19H26N2O2S. The van der Waals surface area contributed by atoms with E-state index in [0.29, 0.717) is 18.1 Å². The summed E-state index contributed by atoms with van der Waals surface area (Å²) < 4.78 is 0. The Morgan fingerprint density at radius 1 is 1.25 bits per heavy atom. The molecule has 0 radical (unpaired) electrons. The Kier molecular flexibility index (Phi) is 5.49. The van der Waals surface area contributed by atoms with Gasteiger partial charge in [-0.05, 0) is 36.8 Å². The fraction of sp³-hybridized carbons (Fsp3) is 0.579. The fourth-order valence-electron chi connectivity index (χ4n) is 3.64. The van der Waals surface area contributed by atoms with Crippen molar-refractivity contribution in [3.05, 3.63) is 35.4 Å². The van der Waals surface area contributed by atoms with Crippen molar-refractivity contribution in [3.63, 3.8) is 0 Å². The summed E-state index contributed by atoms with van der Waals surface area (Å²) in [5.74, 6) is 1.58. The molecule has 1 aromatic rings. The minimum Gasteiger partial charge on any atom is -0.343 e. The maximum Gasteiger partial charge on any atom is 0.233 e. The standard InChI is InChI=1S/C19H26N2O2S/c1-3-17(22)20-10-8-15(9-11-20)12-21-18(23)13-24-19(21)16-7-5-4-6-14(16)2/h4-7,15,19H,3,8-13H2,1-2H3. The first-order valence-electron chi connectivity index (χ1n) is 8.84. The molecule has 2 saturated heterocycles. The molecule has 24 heavy (non-hydrogen) atoms. The van der Waals surface area contributed by atoms with E-state index < -0.39 is 0 Å². The van der Waals surface area contributed by atoms with Crippen molar-refractivity contribution in [2.45, 2.75) is 38.5 Å². The highest BCUT2D eigenvalue weighted by Gasteiger charge is 2.35. The van der Waals surface area contributed by atoms with E-state index in [-0.39, 0.29) is 17.2 Å². The number of aryl methyl sites for hydroxylation is 1. The molecule has 5 heteroatoms. The Labute approximate surface area is 148 Å². The summed E-state index contributed by atoms with van der Waals surface area (Å²) in [6.45, 7) is 6.52. The van der Waals surface area contributed by atoms with Crippen molar-refractivity contribution in [1.82, 2.24) is 9.80 Å². The fourth-order valence-corrected chi connectivity index (χ4v) is 4.93. The average Bonchev–Trinajstić information content (AvgIpc) is 2.96. The molecule has 1 unspecified atom stereocenters. The molecule has 2 fully saturated rings. The molecular weight excluding hydrogens is 320 g/mol. The second-order valence-corrected chi connectivity index (χ2v) is 7.81. The van der Waals surface area contributed by atoms with Crippen LogP contribution in [0.1, 0.15) is 42.7 Å². The topological polar surface area (TPSA) is 40.6 Å². The quantitative estimate of drug-likeness (QED) is 0.840. The van der Waals surface area contributed by atoms with E-state index in [1.807, 2.05) is 17.9 Å². The van der Waals surface area contributed by atoms with E-state index in [9.17, 15) is 9.59 Å². The number of rotatable bonds is 4. The monoisotopic (exact) mass is 346 g/mol. The Hall–Kier alpha value is -1.49. The van der Waals surface area contributed by atoms with Crippen molar-refractivity contribution in [1.29, 1.82) is 0 Å². The van der Waals surface area contributed by atoms with Crippen LogP contribution in [0.3, 0.4) is 0 Å². The third-order valence-electron chi connectivity index (χ3n) is 5.15. The van der Waals surface area contributed by atoms with Crippen molar-refractivity contribution in [2.75, 3.05) is 25.4 Å². The normalized spacial score (nSPS) is 22.2. The minimum absolute atomic E-state index is 0.147. The van der Waals surface area contributed by atoms with Gasteiger partial charge in [0.2, 0.25) is 11.8 Å². The second kappa shape index (κ2) is 7.60. The molecule has 0 aromatic heterocycles. The van der Waals surface area contributed by atoms with Gasteiger partial charge in [0.25, 0.3) is 0 Å². The van der Waals surface area contributed by atoms with Crippen LogP contribution in [0.5, 0.6) is 0 Å². The van der Waals surface area contributed by atoms with Crippen LogP contribution in [0.25, 0.3) is 0 Å². The van der Waals surface area contributed by atoms with Crippen LogP contribution in [0, 0.1) is 12.8 Å². The lowest BCUT2D eigenvalue weighted by atomic mass is 9.95. The average molecular weight is 346 g/mol. The number of likely N-dealkylation sites (tertiary alicyclic amines) is 1. The summed E-state index contributed by atoms with van der Waals surface area (Å²) in [5.41, 5.74) is 2.50. The smallest absolute Gasteiger partial charge is 0.233 e. The minimum atomic E-state index is 0.147. The van der Waals surface area contributed by atoms with Gasteiger partial charge in [-0.1, -0.05) is 31.2 Å². The van der Waals surface area contributed by atoms with Crippen LogP contribution in [0.15, 0.2) is 24.3 Å². The van der Waals surface area contributed by atoms with Crippen molar-refractivity contribution in [2.24, 2.45) is 5.92 Å². The summed E-state index contributed by atoms with van der Waals surface area (Å²) in [7, 11) is 0. The van der Waals surface area contributed by atoms with Gasteiger partial charge in [0.1, 0.15) is 5.37 Å². The molecule has 1 aromatic carbocycles. The summed E-state index contributed by atoms with van der Waals surface area (Å²) >= 11 is 1.74. The maximum atomic E-state index is 12.4. The third-order valence-corrected chi connectivity index (χ3v) is 6.38. The molecule has 2 aliphatic rings. The number of thioether (sulfide) groups is 1. The molecule has 0 aliphatic carbocycles. The van der Waals surface area contributed by atoms with E-state index in [1.165, 1.54) is 11.1 Å². The first-order valence-corrected chi connectivity index (χ1v) is 9.89. The lowest BCUT2D eigenvalue weighted by Crippen LogP contribution is -2.42. The van der Waals surface area contributed by atoms with Gasteiger partial charge in [-0.2, -0.15) is 0 Å². The van der Waals surface area contributed by atoms with Gasteiger partial charge in [-0.3, -0.25) is 9.59 Å². The second-order valence-electron chi connectivity index (χ2n) is 6.74. The van der Waals surface area contributed by atoms with Crippen molar-refractivity contribution in [3.8, 4) is 0 Å². The van der Waals surface area contributed by atoms with Gasteiger partial charge in [0, 0.05) is 26.1 Å². The Morgan fingerprint density at radius 3 is 2.62 bits per heavy atom. The first-order chi connectivity index (χ1) is 11.6. The number of benzene rings is 1. The van der Waals surface area contributed by atoms with Crippen LogP contribution in [0.4, 0.5) is 0 Å². The van der Waals surface area contributed by atoms with Crippen LogP contribution in [0.2, 0.25) is 0 Å². The van der Waals surface area contributed by atoms with E-state index in [2.05, 4.69) is 30.0 Å². The molecule has 3 rings (SSSR count). The molecule has 2 aliphatic heterocycles. The summed E-state index contributed by atoms with van der Waals surface area (Å²) in [5, 5.41) is 0.147. The van der Waals surface area contributed by atoms with E-state index in [1.54, 1.807) is 11.8 Å². The molecule has 0 saturated carbocycles. The Morgan fingerprint density at radius 2 is 1.96 bits per heavy atom. The number of hydrogen-bond acceptors (Lipinski definition) is 3. The van der Waals surface area contributed by atoms with Crippen molar-refractivity contribution < 1.29 is 9.59 Å². The zero-order chi connectivity index (χ0) is 17.1. The van der Waals surface area contributed by atoms with Crippen LogP contribution in [-0.4, -0.2) is 47.0 Å². The largest absolute Gasteiger partial charge is 0.343 e. The highest BCUT2D eigenvalue weighted by Crippen LogP contribution is 2.40. The number of amides is 2. The van der Waals surface area contributed by atoms with Crippen LogP contribution < -0.4 is 0 Å². The van der Waals surface area contributed by atoms with E-state index in [0.717, 1.165) is 32.5 Å². The molecule has 2 heterocycles. The lowest BCUT2D eigenvalue weighted by molar-refractivity contribution is -0.133. The van der Waals surface area contributed by atoms with Gasteiger partial charge in [-0.25, -0.2) is 0 Å². The summed E-state index contributed by atoms with van der Waals surface area (Å²) in [6.07, 6.45) is 2.59. The van der Waals surface area contributed by atoms with E-state index >= 15 is 0 Å². The molecule has 0 bridgehead atoms. The molecule has 0 N–H and O–H groups in total. The summed E-state index contributed by atoms with van der Waals surface area (Å²) in [6, 6.07) is 8.36. The lowest BCUT2D eigenvalue weighted by Gasteiger charge is -2.35. The van der Waals surface area contributed by atoms with Crippen LogP contribution >= 0.6 is 11.8 Å². The predicted octanol–water partition coefficient (Wildman–Crippen LogP) is 3.22. The third kappa shape index (κ3) is 3.61. The number of nitrogens with zero attached hydrogens (tertiary/aromatic N) is 2. The van der Waals surface area contributed by atoms with Gasteiger partial charge in [0.05, 0.1) is 5.75 Å². The van der Waals surface area contributed by atoms with Gasteiger partial charge in [-0.15, -0.1) is 11.8 Å². The predicted molar refractivity (Wildman–Crippen MR) is 97.7 cm³/mol. The number of piperidine rings is 1. The van der Waals surface area contributed by atoms with Gasteiger partial charge >= 0.3 is 0 Å². The molecule has 4 nitrogen and oxygen atoms in total. The Bertz CT molecular complexity index is 611. The molecule has 1 atom stereocenters. The van der Waals surface area contributed by atoms with Crippen LogP contribution in [-0.2, 0) is 9.59 Å². The maximum absolute atomic E-state index is 12.4. The van der Waals surface area contributed by atoms with Gasteiger partial charge < -0.3 is 9.80 Å². The molecule has 130 valence electrons. The molecule has 2 amide bonds. The highest BCUT2D eigenvalue weighted by molar-refractivity contribution is 8.00. The highest BCUT2D eigenvalue weighted by atomic mass is 32.2. The zero-order valence-electron chi connectivity index (χ0n) is 14.5. The van der Waals surface area contributed by atoms with E-state index in [4.69, 9.17) is 0 Å². The SMILES string of the molecule is CCC(=O)N1CCC(CN2C(=O)CSC2c2ccccc2C)CC1. The summed E-state index contributed by atoms with van der Waals surface area (Å²) in [4.78, 5) is 28.2. The Balaban J connectivity index is 1.64. The van der Waals surface area contributed by atoms with Gasteiger partial charge in [0.15, 0.2) is 0 Å².